The summed E-state index contributed by atoms with van der Waals surface area (Å²) in [6.07, 6.45) is 8.38. The number of hydrogen-bond acceptors (Lipinski definition) is 1. The van der Waals surface area contributed by atoms with E-state index < -0.39 is 0 Å². The van der Waals surface area contributed by atoms with Gasteiger partial charge in [0.05, 0.1) is 0 Å². The van der Waals surface area contributed by atoms with E-state index in [-0.39, 0.29) is 0 Å². The fourth-order valence-corrected chi connectivity index (χ4v) is 4.79. The Bertz CT molecular complexity index is 462. The monoisotopic (exact) mass is 322 g/mol. The summed E-state index contributed by atoms with van der Waals surface area (Å²) >= 11 is 3.89. The fraction of sp³-hybridized carbons (Fsp3) is 0.647. The molecule has 3 rings (SSSR count). The zero-order chi connectivity index (χ0) is 13.5. The first-order chi connectivity index (χ1) is 9.12. The first-order valence-corrected chi connectivity index (χ1v) is 8.41. The SMILES string of the molecule is Cc1ccc(C)c(OC2CC(Br)C23CCCCC3)c1. The second-order valence-electron chi connectivity index (χ2n) is 6.37. The van der Waals surface area contributed by atoms with Crippen LogP contribution in [0.15, 0.2) is 18.2 Å². The molecule has 0 bridgehead atoms. The largest absolute Gasteiger partial charge is 0.489 e. The minimum absolute atomic E-state index is 0.411. The third-order valence-electron chi connectivity index (χ3n) is 5.08. The quantitative estimate of drug-likeness (QED) is 0.682. The molecule has 1 aromatic rings. The average Bonchev–Trinajstić information content (AvgIpc) is 2.43. The predicted molar refractivity (Wildman–Crippen MR) is 83.2 cm³/mol. The van der Waals surface area contributed by atoms with Gasteiger partial charge < -0.3 is 4.74 Å². The minimum Gasteiger partial charge on any atom is -0.489 e. The summed E-state index contributed by atoms with van der Waals surface area (Å²) in [5.41, 5.74) is 2.96. The van der Waals surface area contributed by atoms with Crippen molar-refractivity contribution < 1.29 is 4.74 Å². The molecular weight excluding hydrogens is 300 g/mol. The van der Waals surface area contributed by atoms with Crippen molar-refractivity contribution >= 4 is 15.9 Å². The molecule has 0 saturated heterocycles. The van der Waals surface area contributed by atoms with Crippen LogP contribution in [0.5, 0.6) is 5.75 Å². The van der Waals surface area contributed by atoms with E-state index in [4.69, 9.17) is 4.74 Å². The molecule has 2 unspecified atom stereocenters. The summed E-state index contributed by atoms with van der Waals surface area (Å²) in [5.74, 6) is 1.09. The van der Waals surface area contributed by atoms with Crippen molar-refractivity contribution in [3.8, 4) is 5.75 Å². The average molecular weight is 323 g/mol. The molecule has 0 heterocycles. The lowest BCUT2D eigenvalue weighted by Gasteiger charge is -2.55. The van der Waals surface area contributed by atoms with Gasteiger partial charge >= 0.3 is 0 Å². The second-order valence-corrected chi connectivity index (χ2v) is 7.48. The number of alkyl halides is 1. The van der Waals surface area contributed by atoms with Gasteiger partial charge in [-0.05, 0) is 50.3 Å². The highest BCUT2D eigenvalue weighted by Crippen LogP contribution is 2.56. The first kappa shape index (κ1) is 13.5. The van der Waals surface area contributed by atoms with Crippen LogP contribution in [0.1, 0.15) is 49.7 Å². The normalized spacial score (nSPS) is 29.0. The molecular formula is C17H23BrO. The molecule has 0 N–H and O–H groups in total. The summed E-state index contributed by atoms with van der Waals surface area (Å²) in [6, 6.07) is 6.52. The van der Waals surface area contributed by atoms with Crippen LogP contribution < -0.4 is 4.74 Å². The lowest BCUT2D eigenvalue weighted by molar-refractivity contribution is -0.0604. The number of benzene rings is 1. The van der Waals surface area contributed by atoms with E-state index in [2.05, 4.69) is 48.0 Å². The Labute approximate surface area is 124 Å². The molecule has 2 aliphatic rings. The second kappa shape index (κ2) is 5.12. The maximum Gasteiger partial charge on any atom is 0.122 e. The van der Waals surface area contributed by atoms with Crippen molar-refractivity contribution in [1.29, 1.82) is 0 Å². The Hall–Kier alpha value is -0.500. The third-order valence-corrected chi connectivity index (χ3v) is 6.37. The van der Waals surface area contributed by atoms with Crippen molar-refractivity contribution in [2.24, 2.45) is 5.41 Å². The number of aryl methyl sites for hydroxylation is 2. The summed E-state index contributed by atoms with van der Waals surface area (Å²) in [5, 5.41) is 0. The Morgan fingerprint density at radius 1 is 1.16 bits per heavy atom. The standard InChI is InChI=1S/C17H23BrO/c1-12-6-7-13(2)14(10-12)19-16-11-15(18)17(16)8-4-3-5-9-17/h6-7,10,15-16H,3-5,8-9,11H2,1-2H3. The molecule has 0 radical (unpaired) electrons. The van der Waals surface area contributed by atoms with Crippen molar-refractivity contribution in [1.82, 2.24) is 0 Å². The molecule has 1 nitrogen and oxygen atoms in total. The third kappa shape index (κ3) is 2.33. The van der Waals surface area contributed by atoms with Crippen LogP contribution in [0.2, 0.25) is 0 Å². The molecule has 0 aliphatic heterocycles. The van der Waals surface area contributed by atoms with Crippen molar-refractivity contribution in [2.75, 3.05) is 0 Å². The zero-order valence-electron chi connectivity index (χ0n) is 11.9. The van der Waals surface area contributed by atoms with Crippen LogP contribution in [0.25, 0.3) is 0 Å². The zero-order valence-corrected chi connectivity index (χ0v) is 13.5. The van der Waals surface area contributed by atoms with Crippen LogP contribution in [-0.4, -0.2) is 10.9 Å². The van der Waals surface area contributed by atoms with Gasteiger partial charge in [0, 0.05) is 10.2 Å². The summed E-state index contributed by atoms with van der Waals surface area (Å²) in [6.45, 7) is 4.28. The Morgan fingerprint density at radius 3 is 2.58 bits per heavy atom. The van der Waals surface area contributed by atoms with E-state index in [0.717, 1.165) is 12.2 Å². The van der Waals surface area contributed by atoms with E-state index in [1.165, 1.54) is 43.2 Å². The Morgan fingerprint density at radius 2 is 1.89 bits per heavy atom. The van der Waals surface area contributed by atoms with E-state index in [0.29, 0.717) is 16.3 Å². The van der Waals surface area contributed by atoms with Gasteiger partial charge in [-0.25, -0.2) is 0 Å². The molecule has 0 aromatic heterocycles. The molecule has 19 heavy (non-hydrogen) atoms. The maximum absolute atomic E-state index is 6.40. The minimum atomic E-state index is 0.411. The first-order valence-electron chi connectivity index (χ1n) is 7.50. The lowest BCUT2D eigenvalue weighted by atomic mass is 9.58. The number of hydrogen-bond donors (Lipinski definition) is 0. The van der Waals surface area contributed by atoms with Gasteiger partial charge in [0.25, 0.3) is 0 Å². The van der Waals surface area contributed by atoms with Crippen LogP contribution >= 0.6 is 15.9 Å². The number of halogens is 1. The summed E-state index contributed by atoms with van der Waals surface area (Å²) in [4.78, 5) is 0.662. The van der Waals surface area contributed by atoms with Crippen molar-refractivity contribution in [2.45, 2.75) is 63.3 Å². The smallest absolute Gasteiger partial charge is 0.122 e. The van der Waals surface area contributed by atoms with Gasteiger partial charge in [-0.15, -0.1) is 0 Å². The molecule has 1 spiro atoms. The van der Waals surface area contributed by atoms with Gasteiger partial charge in [0.1, 0.15) is 11.9 Å². The molecule has 0 amide bonds. The Kier molecular flexibility index (Phi) is 3.63. The van der Waals surface area contributed by atoms with Gasteiger partial charge in [-0.1, -0.05) is 47.3 Å². The summed E-state index contributed by atoms with van der Waals surface area (Å²) < 4.78 is 6.40. The van der Waals surface area contributed by atoms with E-state index in [1.54, 1.807) is 0 Å². The predicted octanol–water partition coefficient (Wildman–Crippen LogP) is 5.17. The van der Waals surface area contributed by atoms with Crippen molar-refractivity contribution in [3.05, 3.63) is 29.3 Å². The van der Waals surface area contributed by atoms with E-state index >= 15 is 0 Å². The summed E-state index contributed by atoms with van der Waals surface area (Å²) in [7, 11) is 0. The van der Waals surface area contributed by atoms with Gasteiger partial charge in [0.15, 0.2) is 0 Å². The van der Waals surface area contributed by atoms with E-state index in [9.17, 15) is 0 Å². The van der Waals surface area contributed by atoms with Gasteiger partial charge in [0.2, 0.25) is 0 Å². The molecule has 2 aliphatic carbocycles. The highest BCUT2D eigenvalue weighted by atomic mass is 79.9. The molecule has 2 saturated carbocycles. The molecule has 2 fully saturated rings. The van der Waals surface area contributed by atoms with Gasteiger partial charge in [-0.3, -0.25) is 0 Å². The Balaban J connectivity index is 1.78. The number of ether oxygens (including phenoxy) is 1. The highest BCUT2D eigenvalue weighted by Gasteiger charge is 2.55. The van der Waals surface area contributed by atoms with Crippen LogP contribution in [0, 0.1) is 19.3 Å². The topological polar surface area (TPSA) is 9.23 Å². The molecule has 1 aromatic carbocycles. The number of rotatable bonds is 2. The molecule has 2 heteroatoms. The molecule has 2 atom stereocenters. The van der Waals surface area contributed by atoms with Crippen LogP contribution in [0.3, 0.4) is 0 Å². The molecule has 104 valence electrons. The highest BCUT2D eigenvalue weighted by molar-refractivity contribution is 9.09. The lowest BCUT2D eigenvalue weighted by Crippen LogP contribution is -2.57. The fourth-order valence-electron chi connectivity index (χ4n) is 3.70. The van der Waals surface area contributed by atoms with Crippen molar-refractivity contribution in [3.63, 3.8) is 0 Å². The van der Waals surface area contributed by atoms with E-state index in [1.807, 2.05) is 0 Å². The van der Waals surface area contributed by atoms with Crippen LogP contribution in [0.4, 0.5) is 0 Å². The van der Waals surface area contributed by atoms with Gasteiger partial charge in [-0.2, -0.15) is 0 Å². The maximum atomic E-state index is 6.40. The van der Waals surface area contributed by atoms with Crippen LogP contribution in [-0.2, 0) is 0 Å².